The second-order valence-corrected chi connectivity index (χ2v) is 8.96. The van der Waals surface area contributed by atoms with Crippen molar-refractivity contribution in [3.8, 4) is 0 Å². The number of ether oxygens (including phenoxy) is 1. The predicted molar refractivity (Wildman–Crippen MR) is 108 cm³/mol. The zero-order valence-corrected chi connectivity index (χ0v) is 17.8. The maximum atomic E-state index is 13.6. The molecule has 0 N–H and O–H groups in total. The van der Waals surface area contributed by atoms with Gasteiger partial charge in [-0.2, -0.15) is 13.2 Å². The molecule has 1 aromatic carbocycles. The number of carbonyl (C=O) groups excluding carboxylic acids is 2. The molecule has 1 saturated carbocycles. The smallest absolute Gasteiger partial charge is 0.353 e. The lowest BCUT2D eigenvalue weighted by molar-refractivity contribution is -0.140. The number of carbonyl (C=O) groups is 2. The molecular formula is C23H29F3N2O3. The molecule has 5 nitrogen and oxygen atoms in total. The highest BCUT2D eigenvalue weighted by molar-refractivity contribution is 5.98. The third-order valence-corrected chi connectivity index (χ3v) is 6.94. The Morgan fingerprint density at radius 2 is 1.71 bits per heavy atom. The summed E-state index contributed by atoms with van der Waals surface area (Å²) in [7, 11) is 0. The van der Waals surface area contributed by atoms with Crippen LogP contribution in [0, 0.1) is 0 Å². The average Bonchev–Trinajstić information content (AvgIpc) is 3.11. The average molecular weight is 438 g/mol. The number of halogens is 3. The highest BCUT2D eigenvalue weighted by Crippen LogP contribution is 2.42. The maximum absolute atomic E-state index is 13.6. The third-order valence-electron chi connectivity index (χ3n) is 6.94. The number of amides is 2. The van der Waals surface area contributed by atoms with E-state index in [4.69, 9.17) is 4.74 Å². The largest absolute Gasteiger partial charge is 0.416 e. The van der Waals surface area contributed by atoms with Crippen LogP contribution in [0.15, 0.2) is 24.3 Å². The second-order valence-electron chi connectivity index (χ2n) is 8.96. The van der Waals surface area contributed by atoms with Crippen molar-refractivity contribution in [2.75, 3.05) is 13.2 Å². The van der Waals surface area contributed by atoms with Crippen molar-refractivity contribution < 1.29 is 27.5 Å². The van der Waals surface area contributed by atoms with E-state index in [9.17, 15) is 22.8 Å². The van der Waals surface area contributed by atoms with E-state index in [0.717, 1.165) is 50.7 Å². The zero-order valence-electron chi connectivity index (χ0n) is 17.8. The molecule has 2 aliphatic heterocycles. The van der Waals surface area contributed by atoms with E-state index in [-0.39, 0.29) is 24.1 Å². The lowest BCUT2D eigenvalue weighted by Gasteiger charge is -2.43. The first kappa shape index (κ1) is 22.1. The first-order valence-corrected chi connectivity index (χ1v) is 11.2. The third kappa shape index (κ3) is 4.19. The van der Waals surface area contributed by atoms with Gasteiger partial charge in [-0.25, -0.2) is 0 Å². The summed E-state index contributed by atoms with van der Waals surface area (Å²) in [6.45, 7) is 2.81. The number of nitrogens with zero attached hydrogens (tertiary/aromatic N) is 2. The lowest BCUT2D eigenvalue weighted by atomic mass is 9.89. The number of rotatable bonds is 2. The summed E-state index contributed by atoms with van der Waals surface area (Å²) in [5, 5.41) is 0. The summed E-state index contributed by atoms with van der Waals surface area (Å²) in [4.78, 5) is 30.4. The van der Waals surface area contributed by atoms with Gasteiger partial charge in [0.2, 0.25) is 5.91 Å². The van der Waals surface area contributed by atoms with Gasteiger partial charge in [-0.05, 0) is 76.1 Å². The van der Waals surface area contributed by atoms with Crippen molar-refractivity contribution in [2.24, 2.45) is 0 Å². The number of benzene rings is 1. The number of alkyl halides is 3. The van der Waals surface area contributed by atoms with Gasteiger partial charge in [0.25, 0.3) is 5.91 Å². The molecule has 3 aliphatic rings. The molecule has 1 aliphatic carbocycles. The molecule has 0 aromatic heterocycles. The van der Waals surface area contributed by atoms with E-state index in [0.29, 0.717) is 19.4 Å². The van der Waals surface area contributed by atoms with E-state index >= 15 is 0 Å². The van der Waals surface area contributed by atoms with Crippen LogP contribution in [0.3, 0.4) is 0 Å². The molecule has 8 heteroatoms. The van der Waals surface area contributed by atoms with E-state index in [1.54, 1.807) is 4.90 Å². The van der Waals surface area contributed by atoms with Crippen molar-refractivity contribution in [3.63, 3.8) is 0 Å². The van der Waals surface area contributed by atoms with Gasteiger partial charge < -0.3 is 9.64 Å². The minimum Gasteiger partial charge on any atom is -0.353 e. The van der Waals surface area contributed by atoms with Gasteiger partial charge in [-0.3, -0.25) is 14.5 Å². The standard InChI is InChI=1S/C23H29F3N2O3/c1-16-7-3-6-14-27(16)21(30)19-15-31-22(12-4-2-5-13-22)28(19)20(29)17-8-10-18(11-9-17)23(24,25)26/h8-11,16,19H,2-7,12-15H2,1H3/t16-,19+/m1/s1. The molecule has 2 heterocycles. The number of hydrogen-bond donors (Lipinski definition) is 0. The second kappa shape index (κ2) is 8.45. The van der Waals surface area contributed by atoms with Crippen LogP contribution in [-0.2, 0) is 15.7 Å². The minimum absolute atomic E-state index is 0.104. The van der Waals surface area contributed by atoms with Crippen molar-refractivity contribution in [1.82, 2.24) is 9.80 Å². The van der Waals surface area contributed by atoms with Crippen LogP contribution in [0.1, 0.15) is 74.2 Å². The van der Waals surface area contributed by atoms with Crippen molar-refractivity contribution >= 4 is 11.8 Å². The van der Waals surface area contributed by atoms with Crippen LogP contribution in [-0.4, -0.2) is 52.6 Å². The van der Waals surface area contributed by atoms with Crippen LogP contribution >= 0.6 is 0 Å². The van der Waals surface area contributed by atoms with E-state index in [1.807, 2.05) is 11.8 Å². The van der Waals surface area contributed by atoms with E-state index in [1.165, 1.54) is 12.1 Å². The highest BCUT2D eigenvalue weighted by Gasteiger charge is 2.54. The molecule has 2 saturated heterocycles. The predicted octanol–water partition coefficient (Wildman–Crippen LogP) is 4.61. The molecule has 31 heavy (non-hydrogen) atoms. The van der Waals surface area contributed by atoms with Crippen molar-refractivity contribution in [1.29, 1.82) is 0 Å². The lowest BCUT2D eigenvalue weighted by Crippen LogP contribution is -2.58. The molecule has 1 spiro atoms. The summed E-state index contributed by atoms with van der Waals surface area (Å²) in [5.74, 6) is -0.550. The fourth-order valence-electron chi connectivity index (χ4n) is 5.22. The fourth-order valence-corrected chi connectivity index (χ4v) is 5.22. The summed E-state index contributed by atoms with van der Waals surface area (Å²) >= 11 is 0. The SMILES string of the molecule is C[C@@H]1CCCCN1C(=O)[C@@H]1COC2(CCCCC2)N1C(=O)c1ccc(C(F)(F)F)cc1. The Kier molecular flexibility index (Phi) is 6.03. The topological polar surface area (TPSA) is 49.9 Å². The molecule has 170 valence electrons. The summed E-state index contributed by atoms with van der Waals surface area (Å²) in [6, 6.07) is 3.60. The molecule has 0 radical (unpaired) electrons. The van der Waals surface area contributed by atoms with Gasteiger partial charge in [0.15, 0.2) is 0 Å². The Balaban J connectivity index is 1.65. The van der Waals surface area contributed by atoms with E-state index in [2.05, 4.69) is 0 Å². The van der Waals surface area contributed by atoms with Crippen molar-refractivity contribution in [2.45, 2.75) is 82.3 Å². The Labute approximate surface area is 180 Å². The van der Waals surface area contributed by atoms with Crippen LogP contribution in [0.4, 0.5) is 13.2 Å². The van der Waals surface area contributed by atoms with E-state index < -0.39 is 29.4 Å². The number of hydrogen-bond acceptors (Lipinski definition) is 3. The first-order valence-electron chi connectivity index (χ1n) is 11.2. The zero-order chi connectivity index (χ0) is 22.2. The Bertz CT molecular complexity index is 818. The summed E-state index contributed by atoms with van der Waals surface area (Å²) < 4.78 is 45.0. The summed E-state index contributed by atoms with van der Waals surface area (Å²) in [5.41, 5.74) is -1.51. The van der Waals surface area contributed by atoms with Crippen LogP contribution in [0.25, 0.3) is 0 Å². The fraction of sp³-hybridized carbons (Fsp3) is 0.652. The van der Waals surface area contributed by atoms with Gasteiger partial charge in [-0.15, -0.1) is 0 Å². The molecule has 0 bridgehead atoms. The van der Waals surface area contributed by atoms with Gasteiger partial charge in [0.05, 0.1) is 12.2 Å². The van der Waals surface area contributed by atoms with Crippen molar-refractivity contribution in [3.05, 3.63) is 35.4 Å². The van der Waals surface area contributed by atoms with Crippen LogP contribution < -0.4 is 0 Å². The Hall–Kier alpha value is -2.09. The van der Waals surface area contributed by atoms with Crippen LogP contribution in [0.5, 0.6) is 0 Å². The minimum atomic E-state index is -4.47. The Morgan fingerprint density at radius 1 is 1.03 bits per heavy atom. The monoisotopic (exact) mass is 438 g/mol. The summed E-state index contributed by atoms with van der Waals surface area (Å²) in [6.07, 6.45) is 2.55. The van der Waals surface area contributed by atoms with Crippen LogP contribution in [0.2, 0.25) is 0 Å². The quantitative estimate of drug-likeness (QED) is 0.678. The van der Waals surface area contributed by atoms with Gasteiger partial charge in [0, 0.05) is 18.2 Å². The molecule has 4 rings (SSSR count). The number of likely N-dealkylation sites (tertiary alicyclic amines) is 1. The molecule has 1 aromatic rings. The Morgan fingerprint density at radius 3 is 2.32 bits per heavy atom. The maximum Gasteiger partial charge on any atom is 0.416 e. The van der Waals surface area contributed by atoms with Gasteiger partial charge in [-0.1, -0.05) is 6.42 Å². The van der Waals surface area contributed by atoms with Gasteiger partial charge >= 0.3 is 6.18 Å². The molecule has 0 unspecified atom stereocenters. The first-order chi connectivity index (χ1) is 14.7. The number of piperidine rings is 1. The molecule has 3 fully saturated rings. The molecular weight excluding hydrogens is 409 g/mol. The van der Waals surface area contributed by atoms with Gasteiger partial charge in [0.1, 0.15) is 11.8 Å². The molecule has 2 amide bonds. The highest BCUT2D eigenvalue weighted by atomic mass is 19.4. The normalized spacial score (nSPS) is 26.3. The molecule has 2 atom stereocenters.